The van der Waals surface area contributed by atoms with Crippen LogP contribution >= 0.6 is 0 Å². The molecule has 0 fully saturated rings. The molecular formula is C12H13F2N3O3. The summed E-state index contributed by atoms with van der Waals surface area (Å²) in [5.41, 5.74) is 0.913. The highest BCUT2D eigenvalue weighted by Crippen LogP contribution is 2.09. The minimum atomic E-state index is -2.49. The highest BCUT2D eigenvalue weighted by molar-refractivity contribution is 5.89. The number of aromatic nitrogens is 3. The molecule has 0 radical (unpaired) electrons. The molecular weight excluding hydrogens is 272 g/mol. The van der Waals surface area contributed by atoms with Crippen LogP contribution in [-0.2, 0) is 15.9 Å². The number of hydrogen-bond acceptors (Lipinski definition) is 5. The molecule has 2 heterocycles. The molecule has 108 valence electrons. The lowest BCUT2D eigenvalue weighted by Gasteiger charge is -2.04. The molecule has 0 unspecified atom stereocenters. The number of rotatable bonds is 6. The van der Waals surface area contributed by atoms with Gasteiger partial charge in [-0.3, -0.25) is 4.40 Å². The molecule has 0 spiro atoms. The maximum absolute atomic E-state index is 11.9. The Morgan fingerprint density at radius 3 is 2.90 bits per heavy atom. The van der Waals surface area contributed by atoms with E-state index in [4.69, 9.17) is 4.74 Å². The molecule has 2 aromatic rings. The molecule has 0 amide bonds. The number of ether oxygens (including phenoxy) is 2. The van der Waals surface area contributed by atoms with Crippen molar-refractivity contribution < 1.29 is 23.0 Å². The quantitative estimate of drug-likeness (QED) is 0.592. The summed E-state index contributed by atoms with van der Waals surface area (Å²) in [5.74, 6) is 0.0560. The van der Waals surface area contributed by atoms with Crippen molar-refractivity contribution in [1.82, 2.24) is 14.6 Å². The van der Waals surface area contributed by atoms with Crippen molar-refractivity contribution in [2.45, 2.75) is 12.8 Å². The normalized spacial score (nSPS) is 11.2. The number of hydrogen-bond donors (Lipinski definition) is 0. The third-order valence-electron chi connectivity index (χ3n) is 2.61. The summed E-state index contributed by atoms with van der Waals surface area (Å²) in [7, 11) is 1.29. The van der Waals surface area contributed by atoms with Gasteiger partial charge in [-0.05, 0) is 12.1 Å². The fourth-order valence-electron chi connectivity index (χ4n) is 1.68. The van der Waals surface area contributed by atoms with E-state index < -0.39 is 19.0 Å². The van der Waals surface area contributed by atoms with Gasteiger partial charge in [-0.2, -0.15) is 0 Å². The summed E-state index contributed by atoms with van der Waals surface area (Å²) < 4.78 is 34.9. The van der Waals surface area contributed by atoms with Gasteiger partial charge in [0.25, 0.3) is 6.43 Å². The van der Waals surface area contributed by atoms with Gasteiger partial charge in [0, 0.05) is 12.6 Å². The van der Waals surface area contributed by atoms with Gasteiger partial charge in [0.05, 0.1) is 19.3 Å². The summed E-state index contributed by atoms with van der Waals surface area (Å²) in [6.07, 6.45) is -0.627. The number of nitrogens with zero attached hydrogens (tertiary/aromatic N) is 3. The predicted molar refractivity (Wildman–Crippen MR) is 64.9 cm³/mol. The maximum atomic E-state index is 11.9. The van der Waals surface area contributed by atoms with E-state index in [1.807, 2.05) is 0 Å². The van der Waals surface area contributed by atoms with E-state index in [0.29, 0.717) is 23.5 Å². The number of pyridine rings is 1. The van der Waals surface area contributed by atoms with Gasteiger partial charge < -0.3 is 9.47 Å². The molecule has 0 aliphatic carbocycles. The van der Waals surface area contributed by atoms with Crippen LogP contribution in [0.2, 0.25) is 0 Å². The molecule has 2 rings (SSSR count). The van der Waals surface area contributed by atoms with Crippen LogP contribution in [0.1, 0.15) is 16.2 Å². The highest BCUT2D eigenvalue weighted by Gasteiger charge is 2.11. The van der Waals surface area contributed by atoms with E-state index >= 15 is 0 Å². The second-order valence-electron chi connectivity index (χ2n) is 3.97. The summed E-state index contributed by atoms with van der Waals surface area (Å²) in [6.45, 7) is -0.502. The van der Waals surface area contributed by atoms with Crippen LogP contribution in [0.4, 0.5) is 8.78 Å². The Morgan fingerprint density at radius 2 is 2.20 bits per heavy atom. The number of carbonyl (C=O) groups excluding carboxylic acids is 1. The van der Waals surface area contributed by atoms with Crippen molar-refractivity contribution in [3.63, 3.8) is 0 Å². The van der Waals surface area contributed by atoms with Crippen molar-refractivity contribution >= 4 is 11.6 Å². The molecule has 0 N–H and O–H groups in total. The van der Waals surface area contributed by atoms with Crippen LogP contribution < -0.4 is 0 Å². The van der Waals surface area contributed by atoms with Crippen LogP contribution in [-0.4, -0.2) is 47.3 Å². The first-order chi connectivity index (χ1) is 9.61. The first-order valence-electron chi connectivity index (χ1n) is 5.89. The molecule has 20 heavy (non-hydrogen) atoms. The average molecular weight is 285 g/mol. The van der Waals surface area contributed by atoms with Crippen molar-refractivity contribution in [3.05, 3.63) is 29.7 Å². The minimum Gasteiger partial charge on any atom is -0.465 e. The largest absolute Gasteiger partial charge is 0.465 e. The molecule has 0 atom stereocenters. The van der Waals surface area contributed by atoms with Gasteiger partial charge in [0.15, 0.2) is 5.65 Å². The van der Waals surface area contributed by atoms with Crippen molar-refractivity contribution in [3.8, 4) is 0 Å². The van der Waals surface area contributed by atoms with Gasteiger partial charge in [0.1, 0.15) is 12.4 Å². The van der Waals surface area contributed by atoms with Crippen molar-refractivity contribution in [1.29, 1.82) is 0 Å². The van der Waals surface area contributed by atoms with E-state index in [9.17, 15) is 13.6 Å². The summed E-state index contributed by atoms with van der Waals surface area (Å²) in [5, 5.41) is 7.85. The third-order valence-corrected chi connectivity index (χ3v) is 2.61. The van der Waals surface area contributed by atoms with Crippen LogP contribution in [0.15, 0.2) is 18.3 Å². The molecule has 0 saturated carbocycles. The molecule has 0 bridgehead atoms. The van der Waals surface area contributed by atoms with Crippen molar-refractivity contribution in [2.75, 3.05) is 20.3 Å². The smallest absolute Gasteiger partial charge is 0.339 e. The van der Waals surface area contributed by atoms with Gasteiger partial charge in [0.2, 0.25) is 0 Å². The maximum Gasteiger partial charge on any atom is 0.339 e. The van der Waals surface area contributed by atoms with E-state index in [1.165, 1.54) is 7.11 Å². The van der Waals surface area contributed by atoms with Crippen LogP contribution in [0.3, 0.4) is 0 Å². The molecule has 0 aliphatic heterocycles. The molecule has 0 aromatic carbocycles. The second kappa shape index (κ2) is 6.38. The molecule has 8 heteroatoms. The number of halogens is 2. The third kappa shape index (κ3) is 3.27. The van der Waals surface area contributed by atoms with E-state index in [1.54, 1.807) is 22.7 Å². The molecule has 0 saturated heterocycles. The second-order valence-corrected chi connectivity index (χ2v) is 3.97. The monoisotopic (exact) mass is 285 g/mol. The van der Waals surface area contributed by atoms with Crippen LogP contribution in [0, 0.1) is 0 Å². The molecule has 6 nitrogen and oxygen atoms in total. The van der Waals surface area contributed by atoms with Gasteiger partial charge in [-0.15, -0.1) is 10.2 Å². The predicted octanol–water partition coefficient (Wildman–Crippen LogP) is 1.34. The Kier molecular flexibility index (Phi) is 4.57. The summed E-state index contributed by atoms with van der Waals surface area (Å²) in [6, 6.07) is 3.20. The van der Waals surface area contributed by atoms with E-state index in [-0.39, 0.29) is 6.61 Å². The first kappa shape index (κ1) is 14.3. The number of alkyl halides is 2. The standard InChI is InChI=1S/C12H13F2N3O3/c1-19-12(18)8-2-3-10-15-16-11(17(10)6-8)4-5-20-7-9(13)14/h2-3,6,9H,4-5,7H2,1H3. The zero-order valence-corrected chi connectivity index (χ0v) is 10.8. The average Bonchev–Trinajstić information content (AvgIpc) is 2.85. The number of esters is 1. The highest BCUT2D eigenvalue weighted by atomic mass is 19.3. The number of carbonyl (C=O) groups is 1. The Morgan fingerprint density at radius 1 is 1.40 bits per heavy atom. The summed E-state index contributed by atoms with van der Waals surface area (Å²) >= 11 is 0. The Bertz CT molecular complexity index is 601. The summed E-state index contributed by atoms with van der Waals surface area (Å²) in [4.78, 5) is 11.4. The Hall–Kier alpha value is -2.09. The SMILES string of the molecule is COC(=O)c1ccc2nnc(CCOCC(F)F)n2c1. The van der Waals surface area contributed by atoms with Gasteiger partial charge >= 0.3 is 5.97 Å². The van der Waals surface area contributed by atoms with Crippen LogP contribution in [0.5, 0.6) is 0 Å². The fraction of sp³-hybridized carbons (Fsp3) is 0.417. The van der Waals surface area contributed by atoms with E-state index in [2.05, 4.69) is 14.9 Å². The first-order valence-corrected chi connectivity index (χ1v) is 5.89. The zero-order valence-electron chi connectivity index (χ0n) is 10.8. The fourth-order valence-corrected chi connectivity index (χ4v) is 1.68. The lowest BCUT2D eigenvalue weighted by Crippen LogP contribution is -2.09. The minimum absolute atomic E-state index is 0.105. The zero-order chi connectivity index (χ0) is 14.5. The topological polar surface area (TPSA) is 65.7 Å². The van der Waals surface area contributed by atoms with Crippen molar-refractivity contribution in [2.24, 2.45) is 0 Å². The van der Waals surface area contributed by atoms with E-state index in [0.717, 1.165) is 0 Å². The van der Waals surface area contributed by atoms with Gasteiger partial charge in [-0.25, -0.2) is 13.6 Å². The molecule has 2 aromatic heterocycles. The number of fused-ring (bicyclic) bond motifs is 1. The van der Waals surface area contributed by atoms with Crippen LogP contribution in [0.25, 0.3) is 5.65 Å². The lowest BCUT2D eigenvalue weighted by molar-refractivity contribution is 0.0182. The lowest BCUT2D eigenvalue weighted by atomic mass is 10.3. The van der Waals surface area contributed by atoms with Gasteiger partial charge in [-0.1, -0.05) is 0 Å². The molecule has 0 aliphatic rings. The Labute approximate surface area is 113 Å². The Balaban J connectivity index is 2.11. The number of methoxy groups -OCH3 is 1.